The van der Waals surface area contributed by atoms with Gasteiger partial charge in [-0.25, -0.2) is 4.98 Å². The molecule has 1 aliphatic rings. The summed E-state index contributed by atoms with van der Waals surface area (Å²) in [6.45, 7) is 16.5. The van der Waals surface area contributed by atoms with E-state index in [4.69, 9.17) is 9.72 Å². The molecular formula is C24H37N3O2. The zero-order chi connectivity index (χ0) is 21.1. The highest BCUT2D eigenvalue weighted by Gasteiger charge is 2.25. The second-order valence-corrected chi connectivity index (χ2v) is 9.49. The summed E-state index contributed by atoms with van der Waals surface area (Å²) in [5, 5.41) is 0.620. The molecular weight excluding hydrogens is 362 g/mol. The maximum Gasteiger partial charge on any atom is 0.265 e. The number of hydrogen-bond acceptors (Lipinski definition) is 4. The van der Waals surface area contributed by atoms with Crippen LogP contribution in [0.4, 0.5) is 0 Å². The Morgan fingerprint density at radius 1 is 1.17 bits per heavy atom. The van der Waals surface area contributed by atoms with Crippen LogP contribution < -0.4 is 10.3 Å². The third kappa shape index (κ3) is 5.00. The van der Waals surface area contributed by atoms with Gasteiger partial charge in [0.25, 0.3) is 5.56 Å². The van der Waals surface area contributed by atoms with E-state index in [1.807, 2.05) is 22.8 Å². The minimum Gasteiger partial charge on any atom is -0.492 e. The van der Waals surface area contributed by atoms with Gasteiger partial charge in [-0.2, -0.15) is 0 Å². The maximum absolute atomic E-state index is 13.6. The van der Waals surface area contributed by atoms with E-state index in [1.54, 1.807) is 0 Å². The molecule has 1 fully saturated rings. The standard InChI is InChI=1S/C24H37N3O2/c1-16(2)15-29-21-11-7-10-20-22(21)24(28)27(23(25-20)17(3)4)14-19-9-8-12-26(13-19)18(5)6/h7,10-11,16-19H,8-9,12-15H2,1-6H3/t19-/m0/s1. The third-order valence-electron chi connectivity index (χ3n) is 5.78. The Kier molecular flexibility index (Phi) is 6.99. The number of aromatic nitrogens is 2. The molecule has 5 nitrogen and oxygen atoms in total. The van der Waals surface area contributed by atoms with Crippen LogP contribution >= 0.6 is 0 Å². The molecule has 0 unspecified atom stereocenters. The molecule has 160 valence electrons. The van der Waals surface area contributed by atoms with Gasteiger partial charge in [0.1, 0.15) is 17.0 Å². The lowest BCUT2D eigenvalue weighted by molar-refractivity contribution is 0.129. The Balaban J connectivity index is 2.02. The molecule has 0 amide bonds. The van der Waals surface area contributed by atoms with E-state index in [0.717, 1.165) is 37.4 Å². The molecule has 5 heteroatoms. The van der Waals surface area contributed by atoms with Crippen molar-refractivity contribution in [2.24, 2.45) is 11.8 Å². The average molecular weight is 400 g/mol. The molecule has 0 aliphatic carbocycles. The summed E-state index contributed by atoms with van der Waals surface area (Å²) in [5.41, 5.74) is 0.781. The molecule has 29 heavy (non-hydrogen) atoms. The Morgan fingerprint density at radius 3 is 2.59 bits per heavy atom. The van der Waals surface area contributed by atoms with Crippen molar-refractivity contribution in [3.05, 3.63) is 34.4 Å². The zero-order valence-electron chi connectivity index (χ0n) is 18.9. The van der Waals surface area contributed by atoms with E-state index < -0.39 is 0 Å². The predicted octanol–water partition coefficient (Wildman–Crippen LogP) is 4.68. The van der Waals surface area contributed by atoms with Crippen LogP contribution in [0.2, 0.25) is 0 Å². The third-order valence-corrected chi connectivity index (χ3v) is 5.78. The number of ether oxygens (including phenoxy) is 1. The summed E-state index contributed by atoms with van der Waals surface area (Å²) in [6.07, 6.45) is 2.36. The number of piperidine rings is 1. The lowest BCUT2D eigenvalue weighted by Crippen LogP contribution is -2.42. The number of fused-ring (bicyclic) bond motifs is 1. The van der Waals surface area contributed by atoms with Gasteiger partial charge in [0.05, 0.1) is 12.1 Å². The van der Waals surface area contributed by atoms with E-state index >= 15 is 0 Å². The quantitative estimate of drug-likeness (QED) is 0.678. The van der Waals surface area contributed by atoms with Gasteiger partial charge in [-0.1, -0.05) is 33.8 Å². The first kappa shape index (κ1) is 21.8. The molecule has 0 N–H and O–H groups in total. The van der Waals surface area contributed by atoms with Gasteiger partial charge < -0.3 is 9.64 Å². The molecule has 0 bridgehead atoms. The fourth-order valence-electron chi connectivity index (χ4n) is 4.22. The average Bonchev–Trinajstić information content (AvgIpc) is 2.68. The molecule has 0 radical (unpaired) electrons. The summed E-state index contributed by atoms with van der Waals surface area (Å²) in [7, 11) is 0. The van der Waals surface area contributed by atoms with E-state index in [9.17, 15) is 4.79 Å². The van der Waals surface area contributed by atoms with Crippen molar-refractivity contribution in [1.29, 1.82) is 0 Å². The first-order chi connectivity index (χ1) is 13.8. The summed E-state index contributed by atoms with van der Waals surface area (Å²) < 4.78 is 7.93. The van der Waals surface area contributed by atoms with E-state index in [1.165, 1.54) is 6.42 Å². The van der Waals surface area contributed by atoms with E-state index in [2.05, 4.69) is 46.4 Å². The van der Waals surface area contributed by atoms with Crippen molar-refractivity contribution in [2.45, 2.75) is 72.9 Å². The minimum absolute atomic E-state index is 0.0414. The SMILES string of the molecule is CC(C)COc1cccc2nc(C(C)C)n(C[C@H]3CCCN(C(C)C)C3)c(=O)c12. The molecule has 2 aromatic rings. The normalized spacial score (nSPS) is 18.3. The maximum atomic E-state index is 13.6. The smallest absolute Gasteiger partial charge is 0.265 e. The molecule has 2 heterocycles. The van der Waals surface area contributed by atoms with Gasteiger partial charge in [-0.3, -0.25) is 9.36 Å². The first-order valence-corrected chi connectivity index (χ1v) is 11.2. The second-order valence-electron chi connectivity index (χ2n) is 9.49. The van der Waals surface area contributed by atoms with Crippen LogP contribution in [0.3, 0.4) is 0 Å². The zero-order valence-corrected chi connectivity index (χ0v) is 18.9. The van der Waals surface area contributed by atoms with Gasteiger partial charge >= 0.3 is 0 Å². The lowest BCUT2D eigenvalue weighted by Gasteiger charge is -2.36. The molecule has 0 saturated carbocycles. The first-order valence-electron chi connectivity index (χ1n) is 11.2. The molecule has 1 atom stereocenters. The summed E-state index contributed by atoms with van der Waals surface area (Å²) in [4.78, 5) is 21.1. The van der Waals surface area contributed by atoms with E-state index in [-0.39, 0.29) is 11.5 Å². The number of nitrogens with zero attached hydrogens (tertiary/aromatic N) is 3. The van der Waals surface area contributed by atoms with Crippen molar-refractivity contribution in [2.75, 3.05) is 19.7 Å². The summed E-state index contributed by atoms with van der Waals surface area (Å²) in [6, 6.07) is 6.30. The topological polar surface area (TPSA) is 47.4 Å². The highest BCUT2D eigenvalue weighted by molar-refractivity contribution is 5.84. The van der Waals surface area contributed by atoms with Crippen LogP contribution in [-0.4, -0.2) is 40.2 Å². The Morgan fingerprint density at radius 2 is 1.93 bits per heavy atom. The van der Waals surface area contributed by atoms with Crippen LogP contribution in [0.25, 0.3) is 10.9 Å². The number of hydrogen-bond donors (Lipinski definition) is 0. The van der Waals surface area contributed by atoms with Crippen molar-refractivity contribution < 1.29 is 4.74 Å². The highest BCUT2D eigenvalue weighted by Crippen LogP contribution is 2.26. The van der Waals surface area contributed by atoms with Crippen LogP contribution in [0.15, 0.2) is 23.0 Å². The van der Waals surface area contributed by atoms with Gasteiger partial charge in [0, 0.05) is 25.0 Å². The van der Waals surface area contributed by atoms with Crippen molar-refractivity contribution in [3.8, 4) is 5.75 Å². The minimum atomic E-state index is 0.0414. The van der Waals surface area contributed by atoms with Gasteiger partial charge in [-0.15, -0.1) is 0 Å². The molecule has 3 rings (SSSR count). The predicted molar refractivity (Wildman–Crippen MR) is 120 cm³/mol. The lowest BCUT2D eigenvalue weighted by atomic mass is 9.96. The molecule has 0 spiro atoms. The monoisotopic (exact) mass is 399 g/mol. The van der Waals surface area contributed by atoms with Crippen molar-refractivity contribution >= 4 is 10.9 Å². The Hall–Kier alpha value is -1.88. The summed E-state index contributed by atoms with van der Waals surface area (Å²) >= 11 is 0. The molecule has 1 aromatic heterocycles. The van der Waals surface area contributed by atoms with Crippen LogP contribution in [-0.2, 0) is 6.54 Å². The largest absolute Gasteiger partial charge is 0.492 e. The van der Waals surface area contributed by atoms with Gasteiger partial charge in [0.2, 0.25) is 0 Å². The Labute approximate surface area is 175 Å². The number of likely N-dealkylation sites (tertiary alicyclic amines) is 1. The fraction of sp³-hybridized carbons (Fsp3) is 0.667. The molecule has 1 aromatic carbocycles. The van der Waals surface area contributed by atoms with Gasteiger partial charge in [-0.05, 0) is 57.2 Å². The second kappa shape index (κ2) is 9.29. The van der Waals surface area contributed by atoms with E-state index in [0.29, 0.717) is 35.6 Å². The fourth-order valence-corrected chi connectivity index (χ4v) is 4.22. The van der Waals surface area contributed by atoms with Crippen LogP contribution in [0.5, 0.6) is 5.75 Å². The van der Waals surface area contributed by atoms with Crippen LogP contribution in [0.1, 0.15) is 66.1 Å². The van der Waals surface area contributed by atoms with Crippen molar-refractivity contribution in [1.82, 2.24) is 14.5 Å². The van der Waals surface area contributed by atoms with Gasteiger partial charge in [0.15, 0.2) is 0 Å². The molecule has 1 aliphatic heterocycles. The number of benzene rings is 1. The highest BCUT2D eigenvalue weighted by atomic mass is 16.5. The van der Waals surface area contributed by atoms with Crippen LogP contribution in [0, 0.1) is 11.8 Å². The van der Waals surface area contributed by atoms with Crippen molar-refractivity contribution in [3.63, 3.8) is 0 Å². The summed E-state index contributed by atoms with van der Waals surface area (Å²) in [5.74, 6) is 2.61. The Bertz CT molecular complexity index is 886. The molecule has 1 saturated heterocycles. The number of rotatable bonds is 7.